The molecule has 4 aromatic carbocycles. The van der Waals surface area contributed by atoms with Crippen LogP contribution >= 0.6 is 0 Å². The van der Waals surface area contributed by atoms with Gasteiger partial charge in [-0.1, -0.05) is 50.2 Å². The van der Waals surface area contributed by atoms with E-state index in [4.69, 9.17) is 9.47 Å². The van der Waals surface area contributed by atoms with E-state index in [1.807, 2.05) is 55.1 Å². The molecule has 4 aliphatic rings. The van der Waals surface area contributed by atoms with Crippen molar-refractivity contribution < 1.29 is 32.7 Å². The van der Waals surface area contributed by atoms with Gasteiger partial charge in [0.15, 0.2) is 0 Å². The van der Waals surface area contributed by atoms with Gasteiger partial charge in [-0.15, -0.1) is 0 Å². The Morgan fingerprint density at radius 1 is 0.920 bits per heavy atom. The van der Waals surface area contributed by atoms with E-state index in [9.17, 15) is 28.4 Å². The summed E-state index contributed by atoms with van der Waals surface area (Å²) in [5, 5.41) is 26.6. The predicted octanol–water partition coefficient (Wildman–Crippen LogP) is 10.2. The zero-order valence-electron chi connectivity index (χ0n) is 43.7. The van der Waals surface area contributed by atoms with Gasteiger partial charge in [0.1, 0.15) is 28.6 Å². The Morgan fingerprint density at radius 2 is 1.67 bits per heavy atom. The molecule has 6 aromatic rings. The average Bonchev–Trinajstić information content (AvgIpc) is 3.76. The first-order chi connectivity index (χ1) is 35.9. The van der Waals surface area contributed by atoms with E-state index in [0.717, 1.165) is 106 Å². The van der Waals surface area contributed by atoms with Crippen LogP contribution in [0.15, 0.2) is 114 Å². The summed E-state index contributed by atoms with van der Waals surface area (Å²) in [6, 6.07) is 30.7. The van der Waals surface area contributed by atoms with Crippen molar-refractivity contribution in [3.8, 4) is 17.2 Å². The molecule has 0 radical (unpaired) electrons. The smallest absolute Gasteiger partial charge is 0.293 e. The second kappa shape index (κ2) is 21.2. The summed E-state index contributed by atoms with van der Waals surface area (Å²) in [4.78, 5) is 37.7. The Balaban J connectivity index is 0.836. The van der Waals surface area contributed by atoms with Crippen LogP contribution in [0.3, 0.4) is 0 Å². The minimum absolute atomic E-state index is 0.0252. The summed E-state index contributed by atoms with van der Waals surface area (Å²) in [5.74, 6) is 1.05. The molecule has 1 unspecified atom stereocenters. The highest BCUT2D eigenvalue weighted by Gasteiger charge is 2.50. The van der Waals surface area contributed by atoms with Crippen molar-refractivity contribution in [3.63, 3.8) is 0 Å². The third-order valence-electron chi connectivity index (χ3n) is 16.6. The summed E-state index contributed by atoms with van der Waals surface area (Å²) >= 11 is 0. The number of methoxy groups -OCH3 is 1. The Hall–Kier alpha value is -6.53. The van der Waals surface area contributed by atoms with Crippen LogP contribution in [-0.4, -0.2) is 102 Å². The molecule has 1 amide bonds. The molecule has 2 saturated carbocycles. The third kappa shape index (κ3) is 11.4. The number of hydrogen-bond donors (Lipinski definition) is 3. The van der Waals surface area contributed by atoms with Gasteiger partial charge >= 0.3 is 0 Å². The third-order valence-corrected chi connectivity index (χ3v) is 18.0. The van der Waals surface area contributed by atoms with Crippen LogP contribution in [0.4, 0.5) is 17.1 Å². The van der Waals surface area contributed by atoms with E-state index in [-0.39, 0.29) is 28.3 Å². The van der Waals surface area contributed by atoms with Crippen molar-refractivity contribution in [1.29, 1.82) is 0 Å². The van der Waals surface area contributed by atoms with Crippen molar-refractivity contribution in [3.05, 3.63) is 142 Å². The highest BCUT2D eigenvalue weighted by molar-refractivity contribution is 7.90. The fraction of sp³-hybridized carbons (Fsp3) is 0.448. The molecule has 2 aliphatic carbocycles. The van der Waals surface area contributed by atoms with Gasteiger partial charge in [-0.25, -0.2) is 18.1 Å². The number of aliphatic hydroxyl groups is 1. The number of anilines is 2. The van der Waals surface area contributed by atoms with Crippen LogP contribution in [0.25, 0.3) is 11.0 Å². The largest absolute Gasteiger partial charge is 0.497 e. The number of sulfonamides is 1. The molecule has 2 aliphatic heterocycles. The molecule has 2 saturated heterocycles. The summed E-state index contributed by atoms with van der Waals surface area (Å²) in [6.45, 7) is 12.3. The molecule has 4 fully saturated rings. The number of nitrogens with one attached hydrogen (secondary N) is 2. The molecule has 2 aromatic heterocycles. The number of pyridine rings is 1. The van der Waals surface area contributed by atoms with E-state index in [0.29, 0.717) is 43.1 Å². The van der Waals surface area contributed by atoms with Gasteiger partial charge in [0.25, 0.3) is 21.6 Å². The van der Waals surface area contributed by atoms with E-state index in [1.54, 1.807) is 25.4 Å². The lowest BCUT2D eigenvalue weighted by atomic mass is 9.59. The van der Waals surface area contributed by atoms with Gasteiger partial charge in [-0.2, -0.15) is 0 Å². The first-order valence-corrected chi connectivity index (χ1v) is 27.9. The van der Waals surface area contributed by atoms with E-state index >= 15 is 0 Å². The number of fused-ring (bicyclic) bond motifs is 1. The number of aromatic nitrogens is 2. The maximum absolute atomic E-state index is 14.2. The van der Waals surface area contributed by atoms with E-state index < -0.39 is 37.0 Å². The number of amides is 1. The molecule has 396 valence electrons. The average molecular weight is 1040 g/mol. The van der Waals surface area contributed by atoms with Gasteiger partial charge < -0.3 is 29.4 Å². The predicted molar refractivity (Wildman–Crippen MR) is 291 cm³/mol. The number of nitro groups is 1. The van der Waals surface area contributed by atoms with Gasteiger partial charge in [-0.05, 0) is 141 Å². The number of carbonyl (C=O) groups is 1. The lowest BCUT2D eigenvalue weighted by molar-refractivity contribution is -0.384. The second-order valence-electron chi connectivity index (χ2n) is 22.2. The molecule has 17 heteroatoms. The normalized spacial score (nSPS) is 21.5. The van der Waals surface area contributed by atoms with Gasteiger partial charge in [0.2, 0.25) is 0 Å². The first kappa shape index (κ1) is 51.9. The van der Waals surface area contributed by atoms with Gasteiger partial charge in [0.05, 0.1) is 34.3 Å². The molecular formula is C58H70N8O8S. The highest BCUT2D eigenvalue weighted by atomic mass is 32.2. The molecule has 16 nitrogen and oxygen atoms in total. The van der Waals surface area contributed by atoms with Crippen molar-refractivity contribution in [2.24, 2.45) is 18.4 Å². The van der Waals surface area contributed by atoms with Crippen molar-refractivity contribution in [2.45, 2.75) is 107 Å². The number of aryl methyl sites for hydroxylation is 1. The van der Waals surface area contributed by atoms with E-state index in [2.05, 4.69) is 80.0 Å². The maximum atomic E-state index is 14.2. The quantitative estimate of drug-likeness (QED) is 0.0615. The monoisotopic (exact) mass is 1040 g/mol. The summed E-state index contributed by atoms with van der Waals surface area (Å²) in [7, 11) is -0.992. The number of ether oxygens (including phenoxy) is 2. The summed E-state index contributed by atoms with van der Waals surface area (Å²) < 4.78 is 43.7. The Labute approximate surface area is 440 Å². The molecule has 1 atom stereocenters. The van der Waals surface area contributed by atoms with Crippen LogP contribution in [0.1, 0.15) is 111 Å². The van der Waals surface area contributed by atoms with Crippen LogP contribution in [0.5, 0.6) is 17.2 Å². The highest BCUT2D eigenvalue weighted by Crippen LogP contribution is 2.53. The molecule has 3 N–H and O–H groups in total. The van der Waals surface area contributed by atoms with Crippen LogP contribution < -0.4 is 24.4 Å². The first-order valence-electron chi connectivity index (χ1n) is 26.4. The lowest BCUT2D eigenvalue weighted by Crippen LogP contribution is -2.60. The molecule has 10 rings (SSSR count). The minimum atomic E-state index is -4.59. The zero-order chi connectivity index (χ0) is 52.6. The number of nitrogens with zero attached hydrogens (tertiary/aromatic N) is 6. The molecule has 4 heterocycles. The molecule has 1 spiro atoms. The molecule has 75 heavy (non-hydrogen) atoms. The SMILES string of the molecule is COc1ccc(CN2CCN(C3CC4(CCN(c5ccc(C(=O)NS(=O)(=O)c6ccc(NC[C@H]7CC[C@](C)(O)CC7)c([N+](=O)[O-])c6)c(Oc6cnc7c(ccn7C)c6)c5)CC4)C3)C(c3ccccc3C(C)C)C2)cc1. The standard InChI is InChI=1S/C58H70N8O8S/c1-39(2)48-8-6-7-9-49(48)53-38-63(37-41-10-13-45(73-5)14-11-41)28-29-65(53)44-33-58(34-44)23-26-64(27-24-58)43-12-16-50(54(31-43)74-46-30-42-20-25-62(4)55(42)60-36-46)56(67)61-75(71,72)47-15-17-51(52(32-47)66(69)70)59-35-40-18-21-57(3,68)22-19-40/h6-17,20,25,30-32,36,39-40,44,53,59,68H,18-19,21-24,26-29,33-35,37-38H2,1-5H3,(H,61,67)/t40-,53?,57-. The second-order valence-corrected chi connectivity index (χ2v) is 23.8. The van der Waals surface area contributed by atoms with Crippen LogP contribution in [-0.2, 0) is 23.6 Å². The lowest BCUT2D eigenvalue weighted by Gasteiger charge is -2.58. The molecular weight excluding hydrogens is 969 g/mol. The maximum Gasteiger partial charge on any atom is 0.293 e. The Morgan fingerprint density at radius 3 is 2.39 bits per heavy atom. The number of piperidine rings is 1. The number of carbonyl (C=O) groups excluding carboxylic acids is 1. The fourth-order valence-electron chi connectivity index (χ4n) is 12.1. The number of piperazine rings is 1. The van der Waals surface area contributed by atoms with Crippen LogP contribution in [0, 0.1) is 21.4 Å². The fourth-order valence-corrected chi connectivity index (χ4v) is 13.1. The van der Waals surface area contributed by atoms with Crippen molar-refractivity contribution >= 4 is 44.0 Å². The number of hydrogen-bond acceptors (Lipinski definition) is 13. The summed E-state index contributed by atoms with van der Waals surface area (Å²) in [6.07, 6.45) is 10.6. The number of benzene rings is 4. The van der Waals surface area contributed by atoms with Crippen LogP contribution in [0.2, 0.25) is 0 Å². The number of nitro benzene ring substituents is 1. The molecule has 0 bridgehead atoms. The van der Waals surface area contributed by atoms with Crippen molar-refractivity contribution in [1.82, 2.24) is 24.1 Å². The minimum Gasteiger partial charge on any atom is -0.497 e. The van der Waals surface area contributed by atoms with Gasteiger partial charge in [-0.3, -0.25) is 24.7 Å². The van der Waals surface area contributed by atoms with Crippen molar-refractivity contribution in [2.75, 3.05) is 56.6 Å². The topological polar surface area (TPSA) is 185 Å². The zero-order valence-corrected chi connectivity index (χ0v) is 44.5. The van der Waals surface area contributed by atoms with E-state index in [1.165, 1.54) is 28.8 Å². The van der Waals surface area contributed by atoms with Gasteiger partial charge in [0, 0.05) is 94.3 Å². The Bertz CT molecular complexity index is 3150. The number of rotatable bonds is 16. The summed E-state index contributed by atoms with van der Waals surface area (Å²) in [5.41, 5.74) is 4.97. The Kier molecular flexibility index (Phi) is 14.7.